The van der Waals surface area contributed by atoms with Gasteiger partial charge in [0.1, 0.15) is 11.3 Å². The molecule has 0 saturated heterocycles. The van der Waals surface area contributed by atoms with Crippen LogP contribution in [0.5, 0.6) is 5.75 Å². The van der Waals surface area contributed by atoms with Crippen molar-refractivity contribution < 1.29 is 9.53 Å². The number of carbonyl (C=O) groups excluding carboxylic acids is 1. The van der Waals surface area contributed by atoms with Gasteiger partial charge in [-0.25, -0.2) is 0 Å². The molecule has 0 aliphatic heterocycles. The Bertz CT molecular complexity index is 894. The molecular weight excluding hydrogens is 372 g/mol. The highest BCUT2D eigenvalue weighted by Crippen LogP contribution is 2.26. The van der Waals surface area contributed by atoms with Crippen LogP contribution in [0.3, 0.4) is 0 Å². The number of hydrogen-bond acceptors (Lipinski definition) is 8. The summed E-state index contributed by atoms with van der Waals surface area (Å²) in [6.07, 6.45) is 1.76. The maximum absolute atomic E-state index is 12.0. The topological polar surface area (TPSA) is 94.8 Å². The molecule has 0 unspecified atom stereocenters. The Morgan fingerprint density at radius 1 is 1.42 bits per heavy atom. The highest BCUT2D eigenvalue weighted by molar-refractivity contribution is 7.99. The van der Waals surface area contributed by atoms with Crippen molar-refractivity contribution in [2.75, 3.05) is 18.2 Å². The monoisotopic (exact) mass is 388 g/mol. The van der Waals surface area contributed by atoms with E-state index in [9.17, 15) is 4.79 Å². The second kappa shape index (κ2) is 8.59. The molecule has 0 aliphatic carbocycles. The molecule has 8 nitrogen and oxygen atoms in total. The molecule has 2 aromatic heterocycles. The normalized spacial score (nSPS) is 10.5. The average Bonchev–Trinajstić information content (AvgIpc) is 3.30. The Morgan fingerprint density at radius 2 is 2.31 bits per heavy atom. The molecule has 0 bridgehead atoms. The molecule has 10 heteroatoms. The minimum Gasteiger partial charge on any atom is -0.497 e. The van der Waals surface area contributed by atoms with E-state index in [0.717, 1.165) is 11.3 Å². The Kier molecular flexibility index (Phi) is 5.97. The number of aromatic nitrogens is 5. The highest BCUT2D eigenvalue weighted by Gasteiger charge is 2.15. The van der Waals surface area contributed by atoms with Gasteiger partial charge in [0, 0.05) is 12.1 Å². The van der Waals surface area contributed by atoms with E-state index < -0.39 is 0 Å². The van der Waals surface area contributed by atoms with Crippen LogP contribution in [0.1, 0.15) is 0 Å². The standard InChI is InChI=1S/C16H16N6O2S2/c1-3-7-22-14(11-5-4-6-12(8-11)24-2)19-21-16(22)25-9-13(23)18-15-20-17-10-26-15/h3-6,8,10H,1,7,9H2,2H3,(H,18,20,23). The van der Waals surface area contributed by atoms with Crippen LogP contribution >= 0.6 is 23.1 Å². The van der Waals surface area contributed by atoms with E-state index in [1.54, 1.807) is 18.7 Å². The van der Waals surface area contributed by atoms with E-state index in [-0.39, 0.29) is 11.7 Å². The summed E-state index contributed by atoms with van der Waals surface area (Å²) < 4.78 is 7.17. The van der Waals surface area contributed by atoms with Crippen molar-refractivity contribution in [3.8, 4) is 17.1 Å². The van der Waals surface area contributed by atoms with Gasteiger partial charge in [0.25, 0.3) is 0 Å². The van der Waals surface area contributed by atoms with Crippen molar-refractivity contribution in [3.05, 3.63) is 42.4 Å². The first-order valence-corrected chi connectivity index (χ1v) is 9.45. The third-order valence-corrected chi connectivity index (χ3v) is 4.87. The number of benzene rings is 1. The fraction of sp³-hybridized carbons (Fsp3) is 0.188. The molecule has 0 spiro atoms. The van der Waals surface area contributed by atoms with Crippen LogP contribution in [-0.4, -0.2) is 43.7 Å². The fourth-order valence-electron chi connectivity index (χ4n) is 2.18. The van der Waals surface area contributed by atoms with Crippen LogP contribution in [0.4, 0.5) is 5.13 Å². The number of rotatable bonds is 8. The molecule has 0 atom stereocenters. The molecular formula is C16H16N6O2S2. The number of anilines is 1. The molecule has 2 heterocycles. The summed E-state index contributed by atoms with van der Waals surface area (Å²) in [4.78, 5) is 12.0. The third kappa shape index (κ3) is 4.27. The minimum absolute atomic E-state index is 0.178. The smallest absolute Gasteiger partial charge is 0.236 e. The second-order valence-corrected chi connectivity index (χ2v) is 6.79. The molecule has 3 aromatic rings. The number of carbonyl (C=O) groups is 1. The second-order valence-electron chi connectivity index (χ2n) is 5.02. The maximum Gasteiger partial charge on any atom is 0.236 e. The Hall–Kier alpha value is -2.72. The molecule has 134 valence electrons. The van der Waals surface area contributed by atoms with Gasteiger partial charge < -0.3 is 4.74 Å². The number of amides is 1. The Balaban J connectivity index is 1.76. The highest BCUT2D eigenvalue weighted by atomic mass is 32.2. The van der Waals surface area contributed by atoms with Crippen molar-refractivity contribution in [3.63, 3.8) is 0 Å². The zero-order chi connectivity index (χ0) is 18.4. The lowest BCUT2D eigenvalue weighted by Crippen LogP contribution is -2.14. The first kappa shape index (κ1) is 18.1. The van der Waals surface area contributed by atoms with Crippen LogP contribution in [0.25, 0.3) is 11.4 Å². The fourth-order valence-corrected chi connectivity index (χ4v) is 3.39. The van der Waals surface area contributed by atoms with Crippen molar-refractivity contribution in [1.29, 1.82) is 0 Å². The summed E-state index contributed by atoms with van der Waals surface area (Å²) in [7, 11) is 1.62. The van der Waals surface area contributed by atoms with Gasteiger partial charge in [-0.3, -0.25) is 14.7 Å². The van der Waals surface area contributed by atoms with Crippen LogP contribution in [-0.2, 0) is 11.3 Å². The average molecular weight is 388 g/mol. The van der Waals surface area contributed by atoms with Crippen molar-refractivity contribution in [2.24, 2.45) is 0 Å². The van der Waals surface area contributed by atoms with Crippen LogP contribution in [0, 0.1) is 0 Å². The molecule has 26 heavy (non-hydrogen) atoms. The van der Waals surface area contributed by atoms with Gasteiger partial charge in [-0.1, -0.05) is 41.3 Å². The Labute approximate surface area is 158 Å². The van der Waals surface area contributed by atoms with Gasteiger partial charge in [-0.15, -0.1) is 27.0 Å². The number of ether oxygens (including phenoxy) is 1. The quantitative estimate of drug-likeness (QED) is 0.468. The summed E-state index contributed by atoms with van der Waals surface area (Å²) >= 11 is 2.56. The van der Waals surface area contributed by atoms with Gasteiger partial charge in [0.2, 0.25) is 11.0 Å². The SMILES string of the molecule is C=CCn1c(SCC(=O)Nc2nncs2)nnc1-c1cccc(OC)c1. The lowest BCUT2D eigenvalue weighted by molar-refractivity contribution is -0.113. The third-order valence-electron chi connectivity index (χ3n) is 3.30. The number of allylic oxidation sites excluding steroid dienone is 1. The predicted molar refractivity (Wildman–Crippen MR) is 101 cm³/mol. The first-order valence-electron chi connectivity index (χ1n) is 7.58. The summed E-state index contributed by atoms with van der Waals surface area (Å²) in [5, 5.41) is 19.8. The van der Waals surface area contributed by atoms with E-state index in [1.807, 2.05) is 28.8 Å². The number of hydrogen-bond donors (Lipinski definition) is 1. The van der Waals surface area contributed by atoms with Crippen LogP contribution in [0.15, 0.2) is 47.6 Å². The first-order chi connectivity index (χ1) is 12.7. The van der Waals surface area contributed by atoms with Crippen LogP contribution in [0.2, 0.25) is 0 Å². The number of nitrogens with one attached hydrogen (secondary N) is 1. The summed E-state index contributed by atoms with van der Waals surface area (Å²) in [6, 6.07) is 7.58. The van der Waals surface area contributed by atoms with Gasteiger partial charge >= 0.3 is 0 Å². The van der Waals surface area contributed by atoms with Gasteiger partial charge in [0.15, 0.2) is 11.0 Å². The van der Waals surface area contributed by atoms with Gasteiger partial charge in [0.05, 0.1) is 12.9 Å². The lowest BCUT2D eigenvalue weighted by atomic mass is 10.2. The van der Waals surface area contributed by atoms with Crippen LogP contribution < -0.4 is 10.1 Å². The molecule has 1 aromatic carbocycles. The molecule has 3 rings (SSSR count). The summed E-state index contributed by atoms with van der Waals surface area (Å²) in [5.41, 5.74) is 2.44. The zero-order valence-electron chi connectivity index (χ0n) is 14.0. The molecule has 1 N–H and O–H groups in total. The number of thioether (sulfide) groups is 1. The van der Waals surface area contributed by atoms with Crippen molar-refractivity contribution in [1.82, 2.24) is 25.0 Å². The number of nitrogens with zero attached hydrogens (tertiary/aromatic N) is 5. The zero-order valence-corrected chi connectivity index (χ0v) is 15.6. The van der Waals surface area contributed by atoms with Crippen molar-refractivity contribution in [2.45, 2.75) is 11.7 Å². The molecule has 0 aliphatic rings. The van der Waals surface area contributed by atoms with E-state index in [0.29, 0.717) is 22.7 Å². The maximum atomic E-state index is 12.0. The number of methoxy groups -OCH3 is 1. The van der Waals surface area contributed by atoms with E-state index in [1.165, 1.54) is 23.1 Å². The largest absolute Gasteiger partial charge is 0.497 e. The van der Waals surface area contributed by atoms with E-state index in [4.69, 9.17) is 4.74 Å². The predicted octanol–water partition coefficient (Wildman–Crippen LogP) is 2.72. The Morgan fingerprint density at radius 3 is 3.04 bits per heavy atom. The minimum atomic E-state index is -0.178. The molecule has 0 radical (unpaired) electrons. The lowest BCUT2D eigenvalue weighted by Gasteiger charge is -2.08. The van der Waals surface area contributed by atoms with Gasteiger partial charge in [-0.05, 0) is 12.1 Å². The summed E-state index contributed by atoms with van der Waals surface area (Å²) in [5.74, 6) is 1.44. The van der Waals surface area contributed by atoms with Crippen molar-refractivity contribution >= 4 is 34.1 Å². The van der Waals surface area contributed by atoms with E-state index in [2.05, 4.69) is 32.3 Å². The molecule has 1 amide bonds. The summed E-state index contributed by atoms with van der Waals surface area (Å²) in [6.45, 7) is 4.31. The molecule has 0 fully saturated rings. The van der Waals surface area contributed by atoms with Gasteiger partial charge in [-0.2, -0.15) is 0 Å². The van der Waals surface area contributed by atoms with E-state index >= 15 is 0 Å². The molecule has 0 saturated carbocycles.